The second-order valence-corrected chi connectivity index (χ2v) is 3.57. The fraction of sp³-hybridized carbons (Fsp3) is 0.455. The molecule has 0 fully saturated rings. The molecular formula is C11H16ClNO. The first kappa shape index (κ1) is 11.3. The summed E-state index contributed by atoms with van der Waals surface area (Å²) in [4.78, 5) is 0. The fourth-order valence-electron chi connectivity index (χ4n) is 1.86. The lowest BCUT2D eigenvalue weighted by atomic mass is 9.96. The SMILES string of the molecule is COC1Cc2ccccc2NC1C.Cl. The molecule has 0 spiro atoms. The number of fused-ring (bicyclic) bond motifs is 1. The molecule has 2 nitrogen and oxygen atoms in total. The highest BCUT2D eigenvalue weighted by atomic mass is 35.5. The molecule has 2 atom stereocenters. The van der Waals surface area contributed by atoms with Crippen molar-refractivity contribution < 1.29 is 4.74 Å². The van der Waals surface area contributed by atoms with Crippen LogP contribution in [0.2, 0.25) is 0 Å². The molecule has 78 valence electrons. The van der Waals surface area contributed by atoms with E-state index in [1.54, 1.807) is 7.11 Å². The molecule has 0 aliphatic carbocycles. The summed E-state index contributed by atoms with van der Waals surface area (Å²) in [7, 11) is 1.77. The lowest BCUT2D eigenvalue weighted by molar-refractivity contribution is 0.0878. The van der Waals surface area contributed by atoms with Gasteiger partial charge in [0.25, 0.3) is 0 Å². The van der Waals surface area contributed by atoms with Crippen molar-refractivity contribution in [2.75, 3.05) is 12.4 Å². The minimum atomic E-state index is 0. The van der Waals surface area contributed by atoms with Crippen molar-refractivity contribution in [2.24, 2.45) is 0 Å². The molecule has 0 saturated carbocycles. The van der Waals surface area contributed by atoms with Crippen LogP contribution in [-0.4, -0.2) is 19.3 Å². The van der Waals surface area contributed by atoms with E-state index in [9.17, 15) is 0 Å². The Morgan fingerprint density at radius 2 is 2.07 bits per heavy atom. The first-order valence-corrected chi connectivity index (χ1v) is 4.68. The van der Waals surface area contributed by atoms with Crippen LogP contribution in [0, 0.1) is 0 Å². The van der Waals surface area contributed by atoms with E-state index in [4.69, 9.17) is 4.74 Å². The van der Waals surface area contributed by atoms with Gasteiger partial charge in [-0.25, -0.2) is 0 Å². The van der Waals surface area contributed by atoms with Gasteiger partial charge in [0.15, 0.2) is 0 Å². The Balaban J connectivity index is 0.000000980. The number of hydrogen-bond donors (Lipinski definition) is 1. The molecule has 1 aliphatic heterocycles. The standard InChI is InChI=1S/C11H15NO.ClH/c1-8-11(13-2)7-9-5-3-4-6-10(9)12-8;/h3-6,8,11-12H,7H2,1-2H3;1H. The first-order valence-electron chi connectivity index (χ1n) is 4.68. The topological polar surface area (TPSA) is 21.3 Å². The number of anilines is 1. The highest BCUT2D eigenvalue weighted by molar-refractivity contribution is 5.85. The minimum Gasteiger partial charge on any atom is -0.380 e. The summed E-state index contributed by atoms with van der Waals surface area (Å²) in [6.45, 7) is 2.16. The predicted molar refractivity (Wildman–Crippen MR) is 61.3 cm³/mol. The van der Waals surface area contributed by atoms with Gasteiger partial charge in [-0.2, -0.15) is 0 Å². The van der Waals surface area contributed by atoms with Gasteiger partial charge in [-0.1, -0.05) is 18.2 Å². The zero-order chi connectivity index (χ0) is 9.26. The van der Waals surface area contributed by atoms with Gasteiger partial charge in [-0.05, 0) is 18.6 Å². The van der Waals surface area contributed by atoms with Crippen LogP contribution in [-0.2, 0) is 11.2 Å². The largest absolute Gasteiger partial charge is 0.380 e. The van der Waals surface area contributed by atoms with Gasteiger partial charge in [-0.3, -0.25) is 0 Å². The molecule has 1 aromatic rings. The van der Waals surface area contributed by atoms with E-state index in [-0.39, 0.29) is 12.4 Å². The second-order valence-electron chi connectivity index (χ2n) is 3.57. The molecule has 14 heavy (non-hydrogen) atoms. The van der Waals surface area contributed by atoms with Crippen LogP contribution in [0.15, 0.2) is 24.3 Å². The quantitative estimate of drug-likeness (QED) is 0.774. The maximum Gasteiger partial charge on any atom is 0.0810 e. The molecule has 0 saturated heterocycles. The van der Waals surface area contributed by atoms with Crippen LogP contribution in [0.25, 0.3) is 0 Å². The van der Waals surface area contributed by atoms with E-state index < -0.39 is 0 Å². The normalized spacial score (nSPS) is 24.4. The Morgan fingerprint density at radius 3 is 2.79 bits per heavy atom. The highest BCUT2D eigenvalue weighted by Gasteiger charge is 2.23. The molecule has 1 heterocycles. The van der Waals surface area contributed by atoms with E-state index in [2.05, 4.69) is 36.5 Å². The predicted octanol–water partition coefficient (Wildman–Crippen LogP) is 2.48. The van der Waals surface area contributed by atoms with Gasteiger partial charge in [0.2, 0.25) is 0 Å². The maximum atomic E-state index is 5.40. The number of benzene rings is 1. The van der Waals surface area contributed by atoms with Crippen molar-refractivity contribution in [3.8, 4) is 0 Å². The van der Waals surface area contributed by atoms with E-state index >= 15 is 0 Å². The van der Waals surface area contributed by atoms with Crippen LogP contribution >= 0.6 is 12.4 Å². The van der Waals surface area contributed by atoms with Gasteiger partial charge in [0.05, 0.1) is 6.10 Å². The lowest BCUT2D eigenvalue weighted by Crippen LogP contribution is -2.38. The van der Waals surface area contributed by atoms with E-state index in [0.29, 0.717) is 12.1 Å². The fourth-order valence-corrected chi connectivity index (χ4v) is 1.86. The van der Waals surface area contributed by atoms with Crippen LogP contribution < -0.4 is 5.32 Å². The van der Waals surface area contributed by atoms with Crippen molar-refractivity contribution in [1.29, 1.82) is 0 Å². The molecule has 0 aromatic heterocycles. The Morgan fingerprint density at radius 1 is 1.36 bits per heavy atom. The monoisotopic (exact) mass is 213 g/mol. The van der Waals surface area contributed by atoms with Crippen molar-refractivity contribution in [2.45, 2.75) is 25.5 Å². The summed E-state index contributed by atoms with van der Waals surface area (Å²) < 4.78 is 5.40. The van der Waals surface area contributed by atoms with Crippen molar-refractivity contribution in [3.05, 3.63) is 29.8 Å². The molecule has 2 unspecified atom stereocenters. The summed E-state index contributed by atoms with van der Waals surface area (Å²) in [5.74, 6) is 0. The van der Waals surface area contributed by atoms with Gasteiger partial charge in [-0.15, -0.1) is 12.4 Å². The molecule has 2 rings (SSSR count). The van der Waals surface area contributed by atoms with Gasteiger partial charge in [0.1, 0.15) is 0 Å². The molecule has 3 heteroatoms. The second kappa shape index (κ2) is 4.67. The highest BCUT2D eigenvalue weighted by Crippen LogP contribution is 2.25. The smallest absolute Gasteiger partial charge is 0.0810 e. The Labute approximate surface area is 91.1 Å². The third-order valence-electron chi connectivity index (χ3n) is 2.68. The Bertz CT molecular complexity index is 303. The van der Waals surface area contributed by atoms with Crippen LogP contribution in [0.4, 0.5) is 5.69 Å². The Kier molecular flexibility index (Phi) is 3.78. The molecule has 0 bridgehead atoms. The lowest BCUT2D eigenvalue weighted by Gasteiger charge is -2.31. The average Bonchev–Trinajstić information content (AvgIpc) is 2.17. The summed E-state index contributed by atoms with van der Waals surface area (Å²) in [6, 6.07) is 8.81. The van der Waals surface area contributed by atoms with E-state index in [1.165, 1.54) is 11.3 Å². The van der Waals surface area contributed by atoms with E-state index in [1.807, 2.05) is 0 Å². The molecular weight excluding hydrogens is 198 g/mol. The molecule has 0 radical (unpaired) electrons. The summed E-state index contributed by atoms with van der Waals surface area (Å²) in [6.07, 6.45) is 1.32. The number of para-hydroxylation sites is 1. The number of rotatable bonds is 1. The summed E-state index contributed by atoms with van der Waals surface area (Å²) >= 11 is 0. The number of nitrogens with one attached hydrogen (secondary N) is 1. The summed E-state index contributed by atoms with van der Waals surface area (Å²) in [5.41, 5.74) is 2.61. The molecule has 1 N–H and O–H groups in total. The van der Waals surface area contributed by atoms with Crippen molar-refractivity contribution in [1.82, 2.24) is 0 Å². The molecule has 0 amide bonds. The van der Waals surface area contributed by atoms with Gasteiger partial charge >= 0.3 is 0 Å². The zero-order valence-corrected chi connectivity index (χ0v) is 9.30. The maximum absolute atomic E-state index is 5.40. The third kappa shape index (κ3) is 2.02. The number of hydrogen-bond acceptors (Lipinski definition) is 2. The molecule has 1 aromatic carbocycles. The molecule has 1 aliphatic rings. The first-order chi connectivity index (χ1) is 6.31. The Hall–Kier alpha value is -0.730. The zero-order valence-electron chi connectivity index (χ0n) is 8.49. The number of halogens is 1. The van der Waals surface area contributed by atoms with Crippen LogP contribution in [0.1, 0.15) is 12.5 Å². The number of methoxy groups -OCH3 is 1. The van der Waals surface area contributed by atoms with Crippen molar-refractivity contribution >= 4 is 18.1 Å². The van der Waals surface area contributed by atoms with Crippen LogP contribution in [0.3, 0.4) is 0 Å². The summed E-state index contributed by atoms with van der Waals surface area (Å²) in [5, 5.41) is 3.44. The van der Waals surface area contributed by atoms with Crippen molar-refractivity contribution in [3.63, 3.8) is 0 Å². The van der Waals surface area contributed by atoms with Crippen LogP contribution in [0.5, 0.6) is 0 Å². The minimum absolute atomic E-state index is 0. The number of ether oxygens (including phenoxy) is 1. The third-order valence-corrected chi connectivity index (χ3v) is 2.68. The average molecular weight is 214 g/mol. The van der Waals surface area contributed by atoms with E-state index in [0.717, 1.165) is 6.42 Å². The van der Waals surface area contributed by atoms with Gasteiger partial charge < -0.3 is 10.1 Å². The van der Waals surface area contributed by atoms with Gasteiger partial charge in [0, 0.05) is 25.3 Å².